The molecule has 0 bridgehead atoms. The summed E-state index contributed by atoms with van der Waals surface area (Å²) in [6, 6.07) is 14.0. The van der Waals surface area contributed by atoms with Gasteiger partial charge in [-0.2, -0.15) is 0 Å². The number of aromatic nitrogens is 1. The molecule has 2 aromatic carbocycles. The molecule has 136 valence electrons. The summed E-state index contributed by atoms with van der Waals surface area (Å²) in [5.74, 6) is 2.35. The Bertz CT molecular complexity index is 841. The van der Waals surface area contributed by atoms with Gasteiger partial charge in [-0.3, -0.25) is 0 Å². The zero-order valence-electron chi connectivity index (χ0n) is 15.4. The fourth-order valence-corrected chi connectivity index (χ4v) is 2.73. The van der Waals surface area contributed by atoms with Crippen molar-refractivity contribution in [2.24, 2.45) is 0 Å². The monoisotopic (exact) mass is 352 g/mol. The standard InChI is InChI=1S/C21H24N2O3/c1-15-4-6-16(7-5-15)21-23-18(14-26-21)13-22-11-10-17-12-19(24-2)8-9-20(17)25-3/h4-9,12,14,22H,10-11,13H2,1-3H3. The van der Waals surface area contributed by atoms with Gasteiger partial charge in [0, 0.05) is 12.1 Å². The number of nitrogens with one attached hydrogen (secondary N) is 1. The van der Waals surface area contributed by atoms with Crippen LogP contribution in [0.4, 0.5) is 0 Å². The molecule has 5 heteroatoms. The van der Waals surface area contributed by atoms with Crippen molar-refractivity contribution >= 4 is 0 Å². The van der Waals surface area contributed by atoms with Crippen LogP contribution in [0.3, 0.4) is 0 Å². The Kier molecular flexibility index (Phi) is 5.92. The van der Waals surface area contributed by atoms with Gasteiger partial charge in [-0.15, -0.1) is 0 Å². The van der Waals surface area contributed by atoms with Crippen LogP contribution >= 0.6 is 0 Å². The summed E-state index contributed by atoms with van der Waals surface area (Å²) in [7, 11) is 3.35. The van der Waals surface area contributed by atoms with E-state index in [9.17, 15) is 0 Å². The number of ether oxygens (including phenoxy) is 2. The number of nitrogens with zero attached hydrogens (tertiary/aromatic N) is 1. The lowest BCUT2D eigenvalue weighted by molar-refractivity contribution is 0.398. The van der Waals surface area contributed by atoms with Gasteiger partial charge in [-0.1, -0.05) is 17.7 Å². The highest BCUT2D eigenvalue weighted by atomic mass is 16.5. The fraction of sp³-hybridized carbons (Fsp3) is 0.286. The van der Waals surface area contributed by atoms with Crippen LogP contribution in [0.5, 0.6) is 11.5 Å². The van der Waals surface area contributed by atoms with Crippen molar-refractivity contribution in [2.75, 3.05) is 20.8 Å². The number of hydrogen-bond donors (Lipinski definition) is 1. The molecular formula is C21H24N2O3. The number of hydrogen-bond acceptors (Lipinski definition) is 5. The lowest BCUT2D eigenvalue weighted by Crippen LogP contribution is -2.17. The second kappa shape index (κ2) is 8.54. The number of benzene rings is 2. The van der Waals surface area contributed by atoms with Gasteiger partial charge in [0.2, 0.25) is 5.89 Å². The van der Waals surface area contributed by atoms with Crippen molar-refractivity contribution in [1.82, 2.24) is 10.3 Å². The molecule has 0 atom stereocenters. The molecule has 5 nitrogen and oxygen atoms in total. The van der Waals surface area contributed by atoms with E-state index >= 15 is 0 Å². The number of rotatable bonds is 8. The summed E-state index contributed by atoms with van der Waals surface area (Å²) in [6.45, 7) is 3.52. The maximum Gasteiger partial charge on any atom is 0.226 e. The topological polar surface area (TPSA) is 56.5 Å². The van der Waals surface area contributed by atoms with Gasteiger partial charge >= 0.3 is 0 Å². The first-order chi connectivity index (χ1) is 12.7. The summed E-state index contributed by atoms with van der Waals surface area (Å²) in [6.07, 6.45) is 2.54. The quantitative estimate of drug-likeness (QED) is 0.621. The molecule has 3 rings (SSSR count). The second-order valence-corrected chi connectivity index (χ2v) is 6.11. The average molecular weight is 352 g/mol. The third-order valence-electron chi connectivity index (χ3n) is 4.22. The molecule has 0 aliphatic heterocycles. The van der Waals surface area contributed by atoms with Gasteiger partial charge in [0.25, 0.3) is 0 Å². The Morgan fingerprint density at radius 1 is 1.04 bits per heavy atom. The lowest BCUT2D eigenvalue weighted by atomic mass is 10.1. The third-order valence-corrected chi connectivity index (χ3v) is 4.22. The Hall–Kier alpha value is -2.79. The van der Waals surface area contributed by atoms with E-state index in [-0.39, 0.29) is 0 Å². The summed E-state index contributed by atoms with van der Waals surface area (Å²) in [5, 5.41) is 3.39. The first kappa shape index (κ1) is 18.0. The van der Waals surface area contributed by atoms with Gasteiger partial charge in [-0.05, 0) is 55.8 Å². The molecule has 0 aliphatic carbocycles. The molecule has 1 N–H and O–H groups in total. The molecule has 0 saturated carbocycles. The van der Waals surface area contributed by atoms with Gasteiger partial charge in [0.15, 0.2) is 0 Å². The van der Waals surface area contributed by atoms with E-state index in [4.69, 9.17) is 13.9 Å². The van der Waals surface area contributed by atoms with Crippen LogP contribution in [0.15, 0.2) is 53.1 Å². The molecular weight excluding hydrogens is 328 g/mol. The first-order valence-electron chi connectivity index (χ1n) is 8.62. The highest BCUT2D eigenvalue weighted by Gasteiger charge is 2.08. The molecule has 0 fully saturated rings. The minimum absolute atomic E-state index is 0.649. The Labute approximate surface area is 154 Å². The van der Waals surface area contributed by atoms with Crippen LogP contribution in [0.25, 0.3) is 11.5 Å². The maximum atomic E-state index is 5.59. The summed E-state index contributed by atoms with van der Waals surface area (Å²) >= 11 is 0. The Balaban J connectivity index is 1.54. The lowest BCUT2D eigenvalue weighted by Gasteiger charge is -2.10. The van der Waals surface area contributed by atoms with Crippen molar-refractivity contribution in [3.05, 3.63) is 65.5 Å². The highest BCUT2D eigenvalue weighted by Crippen LogP contribution is 2.24. The molecule has 0 radical (unpaired) electrons. The SMILES string of the molecule is COc1ccc(OC)c(CCNCc2coc(-c3ccc(C)cc3)n2)c1. The number of methoxy groups -OCH3 is 2. The van der Waals surface area contributed by atoms with E-state index in [1.54, 1.807) is 20.5 Å². The first-order valence-corrected chi connectivity index (χ1v) is 8.62. The third kappa shape index (κ3) is 4.43. The smallest absolute Gasteiger partial charge is 0.226 e. The van der Waals surface area contributed by atoms with Crippen molar-refractivity contribution in [3.8, 4) is 23.0 Å². The fourth-order valence-electron chi connectivity index (χ4n) is 2.73. The molecule has 1 aromatic heterocycles. The molecule has 0 spiro atoms. The minimum Gasteiger partial charge on any atom is -0.497 e. The van der Waals surface area contributed by atoms with Gasteiger partial charge in [0.05, 0.1) is 19.9 Å². The molecule has 0 amide bonds. The van der Waals surface area contributed by atoms with Crippen molar-refractivity contribution in [3.63, 3.8) is 0 Å². The predicted octanol–water partition coefficient (Wildman–Crippen LogP) is 4.00. The van der Waals surface area contributed by atoms with Crippen LogP contribution < -0.4 is 14.8 Å². The van der Waals surface area contributed by atoms with Gasteiger partial charge in [0.1, 0.15) is 17.8 Å². The molecule has 26 heavy (non-hydrogen) atoms. The Morgan fingerprint density at radius 2 is 1.85 bits per heavy atom. The molecule has 0 aliphatic rings. The normalized spacial score (nSPS) is 10.7. The van der Waals surface area contributed by atoms with Crippen LogP contribution in [-0.2, 0) is 13.0 Å². The molecule has 0 saturated heterocycles. The largest absolute Gasteiger partial charge is 0.497 e. The summed E-state index contributed by atoms with van der Waals surface area (Å²) < 4.78 is 16.3. The van der Waals surface area contributed by atoms with Crippen LogP contribution in [0.1, 0.15) is 16.8 Å². The van der Waals surface area contributed by atoms with Gasteiger partial charge < -0.3 is 19.2 Å². The van der Waals surface area contributed by atoms with E-state index in [0.29, 0.717) is 12.4 Å². The zero-order valence-corrected chi connectivity index (χ0v) is 15.4. The molecule has 0 unspecified atom stereocenters. The number of oxazole rings is 1. The predicted molar refractivity (Wildman–Crippen MR) is 102 cm³/mol. The van der Waals surface area contributed by atoms with E-state index < -0.39 is 0 Å². The maximum absolute atomic E-state index is 5.59. The number of aryl methyl sites for hydroxylation is 1. The summed E-state index contributed by atoms with van der Waals surface area (Å²) in [5.41, 5.74) is 4.20. The molecule has 3 aromatic rings. The van der Waals surface area contributed by atoms with E-state index in [2.05, 4.69) is 29.4 Å². The van der Waals surface area contributed by atoms with Crippen molar-refractivity contribution in [2.45, 2.75) is 19.9 Å². The Morgan fingerprint density at radius 3 is 2.58 bits per heavy atom. The van der Waals surface area contributed by atoms with E-state index in [1.807, 2.05) is 30.3 Å². The molecule has 1 heterocycles. The highest BCUT2D eigenvalue weighted by molar-refractivity contribution is 5.53. The van der Waals surface area contributed by atoms with Crippen LogP contribution in [-0.4, -0.2) is 25.7 Å². The van der Waals surface area contributed by atoms with Crippen LogP contribution in [0.2, 0.25) is 0 Å². The minimum atomic E-state index is 0.649. The van der Waals surface area contributed by atoms with E-state index in [0.717, 1.165) is 41.3 Å². The van der Waals surface area contributed by atoms with E-state index in [1.165, 1.54) is 5.56 Å². The average Bonchev–Trinajstić information content (AvgIpc) is 3.14. The van der Waals surface area contributed by atoms with Gasteiger partial charge in [-0.25, -0.2) is 4.98 Å². The van der Waals surface area contributed by atoms with Crippen molar-refractivity contribution < 1.29 is 13.9 Å². The second-order valence-electron chi connectivity index (χ2n) is 6.11. The summed E-state index contributed by atoms with van der Waals surface area (Å²) in [4.78, 5) is 4.54. The zero-order chi connectivity index (χ0) is 18.4. The van der Waals surface area contributed by atoms with Crippen LogP contribution in [0, 0.1) is 6.92 Å². The van der Waals surface area contributed by atoms with Crippen molar-refractivity contribution in [1.29, 1.82) is 0 Å².